The van der Waals surface area contributed by atoms with Crippen molar-refractivity contribution in [1.82, 2.24) is 10.6 Å². The SMILES string of the molecule is CCOC(=O)[C@H](C)NC(=O)[C@@H]1CCC[C@H](C(=O)N[C@H](C)C(=O)OCC)C1. The molecule has 1 aliphatic rings. The highest BCUT2D eigenvalue weighted by atomic mass is 16.5. The third-order valence-electron chi connectivity index (χ3n) is 4.41. The fourth-order valence-electron chi connectivity index (χ4n) is 2.98. The minimum atomic E-state index is -0.722. The predicted octanol–water partition coefficient (Wildman–Crippen LogP) is 0.928. The second-order valence-corrected chi connectivity index (χ2v) is 6.53. The summed E-state index contributed by atoms with van der Waals surface area (Å²) in [6, 6.07) is -1.44. The zero-order valence-corrected chi connectivity index (χ0v) is 16.0. The number of nitrogens with one attached hydrogen (secondary N) is 2. The van der Waals surface area contributed by atoms with Crippen molar-refractivity contribution in [1.29, 1.82) is 0 Å². The molecule has 0 aromatic heterocycles. The summed E-state index contributed by atoms with van der Waals surface area (Å²) >= 11 is 0. The number of carbonyl (C=O) groups excluding carboxylic acids is 4. The number of carbonyl (C=O) groups is 4. The van der Waals surface area contributed by atoms with Gasteiger partial charge in [-0.05, 0) is 47.0 Å². The molecule has 2 amide bonds. The lowest BCUT2D eigenvalue weighted by atomic mass is 9.80. The Bertz CT molecular complexity index is 478. The number of ether oxygens (including phenoxy) is 2. The lowest BCUT2D eigenvalue weighted by Gasteiger charge is -2.29. The molecule has 1 rings (SSSR count). The summed E-state index contributed by atoms with van der Waals surface area (Å²) in [7, 11) is 0. The van der Waals surface area contributed by atoms with Gasteiger partial charge in [-0.2, -0.15) is 0 Å². The van der Waals surface area contributed by atoms with Crippen LogP contribution in [0.1, 0.15) is 53.4 Å². The van der Waals surface area contributed by atoms with Gasteiger partial charge in [0.05, 0.1) is 13.2 Å². The highest BCUT2D eigenvalue weighted by Crippen LogP contribution is 2.29. The second kappa shape index (κ2) is 10.8. The van der Waals surface area contributed by atoms with Crippen LogP contribution >= 0.6 is 0 Å². The van der Waals surface area contributed by atoms with Gasteiger partial charge in [-0.25, -0.2) is 9.59 Å². The highest BCUT2D eigenvalue weighted by molar-refractivity contribution is 5.88. The van der Waals surface area contributed by atoms with E-state index in [-0.39, 0.29) is 36.9 Å². The van der Waals surface area contributed by atoms with E-state index in [1.807, 2.05) is 0 Å². The smallest absolute Gasteiger partial charge is 0.328 e. The van der Waals surface area contributed by atoms with Gasteiger partial charge in [0.2, 0.25) is 11.8 Å². The quantitative estimate of drug-likeness (QED) is 0.615. The topological polar surface area (TPSA) is 111 Å². The molecule has 4 atom stereocenters. The van der Waals surface area contributed by atoms with Gasteiger partial charge in [-0.1, -0.05) is 6.42 Å². The molecule has 8 nitrogen and oxygen atoms in total. The fraction of sp³-hybridized carbons (Fsp3) is 0.778. The van der Waals surface area contributed by atoms with Crippen LogP contribution in [0.3, 0.4) is 0 Å². The normalized spacial score (nSPS) is 21.8. The molecule has 2 N–H and O–H groups in total. The molecular weight excluding hydrogens is 340 g/mol. The molecule has 0 radical (unpaired) electrons. The Hall–Kier alpha value is -2.12. The standard InChI is InChI=1S/C18H30N2O6/c1-5-25-17(23)11(3)19-15(21)13-8-7-9-14(10-13)16(22)20-12(4)18(24)26-6-2/h11-14H,5-10H2,1-4H3,(H,19,21)(H,20,22)/t11-,12+,13+,14-. The second-order valence-electron chi connectivity index (χ2n) is 6.53. The maximum atomic E-state index is 12.4. The molecule has 148 valence electrons. The van der Waals surface area contributed by atoms with E-state index < -0.39 is 24.0 Å². The van der Waals surface area contributed by atoms with Crippen molar-refractivity contribution in [3.8, 4) is 0 Å². The number of esters is 2. The first-order valence-corrected chi connectivity index (χ1v) is 9.24. The van der Waals surface area contributed by atoms with E-state index in [4.69, 9.17) is 9.47 Å². The summed E-state index contributed by atoms with van der Waals surface area (Å²) in [4.78, 5) is 48.0. The maximum absolute atomic E-state index is 12.4. The van der Waals surface area contributed by atoms with Crippen molar-refractivity contribution in [3.63, 3.8) is 0 Å². The number of rotatable bonds is 8. The van der Waals surface area contributed by atoms with Crippen LogP contribution < -0.4 is 10.6 Å². The third kappa shape index (κ3) is 6.65. The van der Waals surface area contributed by atoms with Crippen molar-refractivity contribution in [2.45, 2.75) is 65.5 Å². The van der Waals surface area contributed by atoms with Crippen LogP contribution in [0.25, 0.3) is 0 Å². The number of amides is 2. The Kier molecular flexibility index (Phi) is 9.09. The predicted molar refractivity (Wildman–Crippen MR) is 93.9 cm³/mol. The van der Waals surface area contributed by atoms with Crippen LogP contribution in [-0.4, -0.2) is 49.1 Å². The average molecular weight is 370 g/mol. The Morgan fingerprint density at radius 2 is 1.23 bits per heavy atom. The van der Waals surface area contributed by atoms with Gasteiger partial charge in [0.25, 0.3) is 0 Å². The van der Waals surface area contributed by atoms with Gasteiger partial charge < -0.3 is 20.1 Å². The van der Waals surface area contributed by atoms with Gasteiger partial charge in [-0.15, -0.1) is 0 Å². The molecule has 0 aromatic rings. The molecule has 0 aliphatic heterocycles. The third-order valence-corrected chi connectivity index (χ3v) is 4.41. The Balaban J connectivity index is 2.54. The summed E-state index contributed by atoms with van der Waals surface area (Å²) < 4.78 is 9.75. The summed E-state index contributed by atoms with van der Waals surface area (Å²) in [5.41, 5.74) is 0. The Morgan fingerprint density at radius 1 is 0.846 bits per heavy atom. The molecule has 0 aromatic carbocycles. The van der Waals surface area contributed by atoms with Crippen LogP contribution in [0.2, 0.25) is 0 Å². The monoisotopic (exact) mass is 370 g/mol. The first-order valence-electron chi connectivity index (χ1n) is 9.24. The lowest BCUT2D eigenvalue weighted by molar-refractivity contribution is -0.148. The highest BCUT2D eigenvalue weighted by Gasteiger charge is 2.33. The van der Waals surface area contributed by atoms with Crippen LogP contribution in [0.5, 0.6) is 0 Å². The first kappa shape index (κ1) is 21.9. The van der Waals surface area contributed by atoms with Gasteiger partial charge in [0.15, 0.2) is 0 Å². The van der Waals surface area contributed by atoms with E-state index in [0.29, 0.717) is 19.3 Å². The van der Waals surface area contributed by atoms with Crippen molar-refractivity contribution < 1.29 is 28.7 Å². The van der Waals surface area contributed by atoms with Crippen LogP contribution in [-0.2, 0) is 28.7 Å². The van der Waals surface area contributed by atoms with E-state index in [1.54, 1.807) is 27.7 Å². The summed E-state index contributed by atoms with van der Waals surface area (Å²) in [5, 5.41) is 5.30. The molecule has 0 bridgehead atoms. The number of hydrogen-bond acceptors (Lipinski definition) is 6. The summed E-state index contributed by atoms with van der Waals surface area (Å²) in [5.74, 6) is -2.13. The van der Waals surface area contributed by atoms with Crippen molar-refractivity contribution in [2.75, 3.05) is 13.2 Å². The average Bonchev–Trinajstić information content (AvgIpc) is 2.61. The lowest BCUT2D eigenvalue weighted by Crippen LogP contribution is -2.46. The van der Waals surface area contributed by atoms with Gasteiger partial charge in [-0.3, -0.25) is 9.59 Å². The molecule has 1 aliphatic carbocycles. The number of hydrogen-bond donors (Lipinski definition) is 2. The van der Waals surface area contributed by atoms with Crippen LogP contribution in [0.15, 0.2) is 0 Å². The molecule has 0 saturated heterocycles. The molecule has 0 unspecified atom stereocenters. The molecule has 0 spiro atoms. The van der Waals surface area contributed by atoms with Gasteiger partial charge in [0.1, 0.15) is 12.1 Å². The largest absolute Gasteiger partial charge is 0.464 e. The first-order chi connectivity index (χ1) is 12.3. The summed E-state index contributed by atoms with van der Waals surface area (Å²) in [6.07, 6.45) is 2.46. The van der Waals surface area contributed by atoms with E-state index in [0.717, 1.165) is 6.42 Å². The van der Waals surface area contributed by atoms with Gasteiger partial charge in [0, 0.05) is 11.8 Å². The van der Waals surface area contributed by atoms with E-state index in [9.17, 15) is 19.2 Å². The summed E-state index contributed by atoms with van der Waals surface area (Å²) in [6.45, 7) is 7.06. The zero-order chi connectivity index (χ0) is 19.7. The molecule has 0 heterocycles. The Morgan fingerprint density at radius 3 is 1.58 bits per heavy atom. The van der Waals surface area contributed by atoms with Crippen molar-refractivity contribution in [3.05, 3.63) is 0 Å². The molecule has 8 heteroatoms. The Labute approximate surface area is 154 Å². The molecule has 1 fully saturated rings. The van der Waals surface area contributed by atoms with Crippen molar-refractivity contribution in [2.24, 2.45) is 11.8 Å². The molecular formula is C18H30N2O6. The van der Waals surface area contributed by atoms with Gasteiger partial charge >= 0.3 is 11.9 Å². The van der Waals surface area contributed by atoms with E-state index in [1.165, 1.54) is 0 Å². The van der Waals surface area contributed by atoms with Crippen LogP contribution in [0.4, 0.5) is 0 Å². The minimum absolute atomic E-state index is 0.249. The zero-order valence-electron chi connectivity index (χ0n) is 16.0. The molecule has 1 saturated carbocycles. The van der Waals surface area contributed by atoms with Crippen molar-refractivity contribution >= 4 is 23.8 Å². The maximum Gasteiger partial charge on any atom is 0.328 e. The fourth-order valence-corrected chi connectivity index (χ4v) is 2.98. The minimum Gasteiger partial charge on any atom is -0.464 e. The van der Waals surface area contributed by atoms with E-state index in [2.05, 4.69) is 10.6 Å². The van der Waals surface area contributed by atoms with E-state index >= 15 is 0 Å². The van der Waals surface area contributed by atoms with Crippen LogP contribution in [0, 0.1) is 11.8 Å². The molecule has 26 heavy (non-hydrogen) atoms.